The number of alkyl halides is 2. The van der Waals surface area contributed by atoms with Crippen molar-refractivity contribution in [3.8, 4) is 0 Å². The van der Waals surface area contributed by atoms with Crippen molar-refractivity contribution in [2.24, 2.45) is 0 Å². The lowest BCUT2D eigenvalue weighted by molar-refractivity contribution is 0.235. The molecule has 0 aliphatic heterocycles. The lowest BCUT2D eigenvalue weighted by Gasteiger charge is -2.17. The van der Waals surface area contributed by atoms with Crippen molar-refractivity contribution in [3.05, 3.63) is 24.3 Å². The highest BCUT2D eigenvalue weighted by Gasteiger charge is 2.28. The first-order valence-corrected chi connectivity index (χ1v) is 9.65. The highest BCUT2D eigenvalue weighted by molar-refractivity contribution is 7.91. The van der Waals surface area contributed by atoms with Crippen LogP contribution in [0, 0.1) is 0 Å². The number of sulfone groups is 1. The largest absolute Gasteiger partial charge is 0.383 e. The molecular weight excluding hydrogens is 322 g/mol. The van der Waals surface area contributed by atoms with E-state index in [2.05, 4.69) is 10.6 Å². The van der Waals surface area contributed by atoms with Gasteiger partial charge in [0.1, 0.15) is 0 Å². The van der Waals surface area contributed by atoms with Crippen LogP contribution in [0.4, 0.5) is 14.5 Å². The average molecular weight is 346 g/mol. The predicted octanol–water partition coefficient (Wildman–Crippen LogP) is 3.41. The van der Waals surface area contributed by atoms with E-state index in [-0.39, 0.29) is 10.6 Å². The molecule has 1 aliphatic carbocycles. The van der Waals surface area contributed by atoms with E-state index < -0.39 is 15.6 Å². The highest BCUT2D eigenvalue weighted by Crippen LogP contribution is 2.25. The van der Waals surface area contributed by atoms with E-state index in [9.17, 15) is 17.2 Å². The molecule has 1 aromatic rings. The van der Waals surface area contributed by atoms with Crippen molar-refractivity contribution in [1.29, 1.82) is 0 Å². The van der Waals surface area contributed by atoms with E-state index in [1.165, 1.54) is 43.9 Å². The van der Waals surface area contributed by atoms with Crippen molar-refractivity contribution in [1.82, 2.24) is 5.32 Å². The fourth-order valence-corrected chi connectivity index (χ4v) is 3.82. The summed E-state index contributed by atoms with van der Waals surface area (Å²) in [5.74, 6) is -3.41. The summed E-state index contributed by atoms with van der Waals surface area (Å²) >= 11 is 0. The summed E-state index contributed by atoms with van der Waals surface area (Å²) < 4.78 is 48.8. The van der Waals surface area contributed by atoms with Gasteiger partial charge in [0.05, 0.1) is 10.6 Å². The first kappa shape index (κ1) is 18.1. The van der Waals surface area contributed by atoms with Crippen molar-refractivity contribution >= 4 is 15.5 Å². The van der Waals surface area contributed by atoms with E-state index >= 15 is 0 Å². The number of hydrogen-bond acceptors (Lipinski definition) is 4. The minimum Gasteiger partial charge on any atom is -0.383 e. The molecule has 0 atom stereocenters. The Hall–Kier alpha value is -1.21. The van der Waals surface area contributed by atoms with Gasteiger partial charge in [-0.1, -0.05) is 37.8 Å². The van der Waals surface area contributed by atoms with Gasteiger partial charge in [-0.15, -0.1) is 0 Å². The number of benzene rings is 1. The Morgan fingerprint density at radius 3 is 2.35 bits per heavy atom. The minimum atomic E-state index is -4.59. The molecule has 1 aliphatic rings. The summed E-state index contributed by atoms with van der Waals surface area (Å²) in [6, 6.07) is 6.30. The van der Waals surface area contributed by atoms with Crippen LogP contribution in [0.5, 0.6) is 0 Å². The van der Waals surface area contributed by atoms with Gasteiger partial charge < -0.3 is 10.6 Å². The van der Waals surface area contributed by atoms with Gasteiger partial charge in [-0.2, -0.15) is 8.78 Å². The topological polar surface area (TPSA) is 58.2 Å². The van der Waals surface area contributed by atoms with E-state index in [4.69, 9.17) is 0 Å². The molecule has 0 amide bonds. The molecule has 23 heavy (non-hydrogen) atoms. The summed E-state index contributed by atoms with van der Waals surface area (Å²) in [6.07, 6.45) is 7.37. The first-order chi connectivity index (χ1) is 11.0. The standard InChI is InChI=1S/C16H24F2N2O2S/c17-16(18)23(21,22)15-10-6-5-9-14(15)20-12-11-19-13-7-3-1-2-4-8-13/h5-6,9-10,13,16,19-20H,1-4,7-8,11-12H2. The molecule has 0 saturated heterocycles. The Morgan fingerprint density at radius 1 is 1.04 bits per heavy atom. The zero-order valence-corrected chi connectivity index (χ0v) is 13.9. The number of hydrogen-bond donors (Lipinski definition) is 2. The number of anilines is 1. The normalized spacial score (nSPS) is 17.2. The summed E-state index contributed by atoms with van der Waals surface area (Å²) in [5, 5.41) is 6.41. The maximum Gasteiger partial charge on any atom is 0.341 e. The molecule has 1 aromatic carbocycles. The quantitative estimate of drug-likeness (QED) is 0.587. The molecule has 0 aromatic heterocycles. The predicted molar refractivity (Wildman–Crippen MR) is 87.6 cm³/mol. The molecule has 7 heteroatoms. The Labute approximate surface area is 136 Å². The third-order valence-corrected chi connectivity index (χ3v) is 5.59. The Morgan fingerprint density at radius 2 is 1.70 bits per heavy atom. The number of para-hydroxylation sites is 1. The van der Waals surface area contributed by atoms with Crippen LogP contribution in [-0.4, -0.2) is 33.3 Å². The molecular formula is C16H24F2N2O2S. The smallest absolute Gasteiger partial charge is 0.341 e. The Balaban J connectivity index is 1.88. The van der Waals surface area contributed by atoms with Crippen LogP contribution >= 0.6 is 0 Å². The third kappa shape index (κ3) is 5.14. The fraction of sp³-hybridized carbons (Fsp3) is 0.625. The molecule has 0 bridgehead atoms. The second-order valence-corrected chi connectivity index (χ2v) is 7.76. The zero-order valence-electron chi connectivity index (χ0n) is 13.1. The van der Waals surface area contributed by atoms with Gasteiger partial charge in [0.15, 0.2) is 0 Å². The molecule has 0 spiro atoms. The van der Waals surface area contributed by atoms with E-state index in [1.54, 1.807) is 6.07 Å². The zero-order chi connectivity index (χ0) is 16.7. The van der Waals surface area contributed by atoms with Crippen LogP contribution < -0.4 is 10.6 Å². The maximum absolute atomic E-state index is 12.7. The molecule has 2 N–H and O–H groups in total. The highest BCUT2D eigenvalue weighted by atomic mass is 32.2. The summed E-state index contributed by atoms with van der Waals surface area (Å²) in [7, 11) is -4.59. The van der Waals surface area contributed by atoms with Crippen LogP contribution in [-0.2, 0) is 9.84 Å². The minimum absolute atomic E-state index is 0.232. The summed E-state index contributed by atoms with van der Waals surface area (Å²) in [5.41, 5.74) is 0.232. The van der Waals surface area contributed by atoms with Crippen LogP contribution in [0.1, 0.15) is 38.5 Å². The molecule has 130 valence electrons. The van der Waals surface area contributed by atoms with Crippen LogP contribution in [0.2, 0.25) is 0 Å². The SMILES string of the molecule is O=S(=O)(c1ccccc1NCCNC1CCCCCC1)C(F)F. The molecule has 0 heterocycles. The second kappa shape index (κ2) is 8.59. The van der Waals surface area contributed by atoms with E-state index in [1.807, 2.05) is 0 Å². The number of nitrogens with one attached hydrogen (secondary N) is 2. The third-order valence-electron chi connectivity index (χ3n) is 4.16. The van der Waals surface area contributed by atoms with Crippen molar-refractivity contribution in [2.75, 3.05) is 18.4 Å². The monoisotopic (exact) mass is 346 g/mol. The summed E-state index contributed by atoms with van der Waals surface area (Å²) in [4.78, 5) is -0.343. The Bertz CT molecular complexity index is 585. The second-order valence-electron chi connectivity index (χ2n) is 5.87. The van der Waals surface area contributed by atoms with Crippen LogP contribution in [0.15, 0.2) is 29.2 Å². The van der Waals surface area contributed by atoms with Crippen molar-refractivity contribution in [3.63, 3.8) is 0 Å². The lowest BCUT2D eigenvalue weighted by Crippen LogP contribution is -2.32. The van der Waals surface area contributed by atoms with Gasteiger partial charge >= 0.3 is 5.76 Å². The number of rotatable bonds is 7. The number of halogens is 2. The van der Waals surface area contributed by atoms with Gasteiger partial charge in [0.2, 0.25) is 9.84 Å². The van der Waals surface area contributed by atoms with Gasteiger partial charge in [-0.05, 0) is 25.0 Å². The van der Waals surface area contributed by atoms with Gasteiger partial charge in [0, 0.05) is 19.1 Å². The van der Waals surface area contributed by atoms with E-state index in [0.29, 0.717) is 19.1 Å². The summed E-state index contributed by atoms with van der Waals surface area (Å²) in [6.45, 7) is 1.17. The van der Waals surface area contributed by atoms with Crippen molar-refractivity contribution < 1.29 is 17.2 Å². The van der Waals surface area contributed by atoms with Gasteiger partial charge in [-0.25, -0.2) is 8.42 Å². The molecule has 0 radical (unpaired) electrons. The molecule has 1 saturated carbocycles. The average Bonchev–Trinajstić information content (AvgIpc) is 2.80. The molecule has 4 nitrogen and oxygen atoms in total. The molecule has 2 rings (SSSR count). The van der Waals surface area contributed by atoms with Crippen molar-refractivity contribution in [2.45, 2.75) is 55.2 Å². The van der Waals surface area contributed by atoms with E-state index in [0.717, 1.165) is 12.8 Å². The lowest BCUT2D eigenvalue weighted by atomic mass is 10.1. The van der Waals surface area contributed by atoms with Crippen LogP contribution in [0.25, 0.3) is 0 Å². The van der Waals surface area contributed by atoms with Gasteiger partial charge in [0.25, 0.3) is 0 Å². The maximum atomic E-state index is 12.7. The first-order valence-electron chi connectivity index (χ1n) is 8.10. The molecule has 0 unspecified atom stereocenters. The van der Waals surface area contributed by atoms with Gasteiger partial charge in [-0.3, -0.25) is 0 Å². The van der Waals surface area contributed by atoms with Crippen LogP contribution in [0.3, 0.4) is 0 Å². The Kier molecular flexibility index (Phi) is 6.77. The fourth-order valence-electron chi connectivity index (χ4n) is 2.91. The molecule has 1 fully saturated rings.